The summed E-state index contributed by atoms with van der Waals surface area (Å²) in [7, 11) is 0. The fourth-order valence-electron chi connectivity index (χ4n) is 2.36. The maximum absolute atomic E-state index is 12.9. The first-order valence-corrected chi connectivity index (χ1v) is 9.16. The zero-order chi connectivity index (χ0) is 18.4. The largest absolute Gasteiger partial charge is 0.481 e. The number of rotatable bonds is 7. The number of nitrogens with zero attached hydrogens (tertiary/aromatic N) is 2. The van der Waals surface area contributed by atoms with Crippen LogP contribution in [0.5, 0.6) is 0 Å². The second-order valence-corrected chi connectivity index (χ2v) is 7.86. The molecule has 0 radical (unpaired) electrons. The third-order valence-electron chi connectivity index (χ3n) is 3.69. The average molecular weight is 360 g/mol. The van der Waals surface area contributed by atoms with Crippen LogP contribution >= 0.6 is 11.3 Å². The topological polar surface area (TPSA) is 70.5 Å². The molecule has 2 aromatic rings. The summed E-state index contributed by atoms with van der Waals surface area (Å²) in [6.45, 7) is 7.03. The fraction of sp³-hybridized carbons (Fsp3) is 0.421. The van der Waals surface area contributed by atoms with Crippen LogP contribution in [0, 0.1) is 0 Å². The summed E-state index contributed by atoms with van der Waals surface area (Å²) in [4.78, 5) is 29.8. The van der Waals surface area contributed by atoms with E-state index >= 15 is 0 Å². The average Bonchev–Trinajstić information content (AvgIpc) is 3.04. The number of benzene rings is 1. The molecule has 2 rings (SSSR count). The van der Waals surface area contributed by atoms with Gasteiger partial charge >= 0.3 is 5.97 Å². The maximum Gasteiger partial charge on any atom is 0.303 e. The molecule has 0 aliphatic heterocycles. The van der Waals surface area contributed by atoms with Crippen molar-refractivity contribution >= 4 is 23.2 Å². The van der Waals surface area contributed by atoms with E-state index in [4.69, 9.17) is 5.11 Å². The molecule has 0 aliphatic rings. The van der Waals surface area contributed by atoms with Crippen LogP contribution in [0.3, 0.4) is 0 Å². The summed E-state index contributed by atoms with van der Waals surface area (Å²) in [5.74, 6) is -1.00. The van der Waals surface area contributed by atoms with Gasteiger partial charge in [0.05, 0.1) is 5.01 Å². The van der Waals surface area contributed by atoms with Crippen LogP contribution in [-0.2, 0) is 16.8 Å². The number of aliphatic carboxylic acids is 1. The van der Waals surface area contributed by atoms with Gasteiger partial charge in [-0.3, -0.25) is 9.59 Å². The Hall–Kier alpha value is -2.21. The molecule has 1 aromatic carbocycles. The van der Waals surface area contributed by atoms with E-state index < -0.39 is 5.97 Å². The third kappa shape index (κ3) is 5.67. The first-order valence-electron chi connectivity index (χ1n) is 8.28. The lowest BCUT2D eigenvalue weighted by molar-refractivity contribution is -0.137. The molecule has 0 unspecified atom stereocenters. The van der Waals surface area contributed by atoms with Crippen LogP contribution in [-0.4, -0.2) is 33.4 Å². The first-order chi connectivity index (χ1) is 11.8. The number of carboxylic acid groups (broad SMARTS) is 1. The molecule has 0 spiro atoms. The molecule has 0 bridgehead atoms. The summed E-state index contributed by atoms with van der Waals surface area (Å²) in [6.07, 6.45) is 0.465. The monoisotopic (exact) mass is 360 g/mol. The summed E-state index contributed by atoms with van der Waals surface area (Å²) in [5.41, 5.74) is 1.34. The SMILES string of the molecule is CC(C)(C)c1nc(C(=O)N(CCCC(=O)O)Cc2ccccc2)cs1. The predicted octanol–water partition coefficient (Wildman–Crippen LogP) is 3.95. The normalized spacial score (nSPS) is 11.3. The molecule has 0 aliphatic carbocycles. The highest BCUT2D eigenvalue weighted by Crippen LogP contribution is 2.26. The van der Waals surface area contributed by atoms with Gasteiger partial charge in [0, 0.05) is 30.3 Å². The molecule has 1 aromatic heterocycles. The van der Waals surface area contributed by atoms with E-state index in [1.807, 2.05) is 30.3 Å². The zero-order valence-electron chi connectivity index (χ0n) is 14.9. The number of carbonyl (C=O) groups excluding carboxylic acids is 1. The molecule has 0 saturated carbocycles. The molecular formula is C19H24N2O3S. The number of thiazole rings is 1. The van der Waals surface area contributed by atoms with Gasteiger partial charge < -0.3 is 10.0 Å². The van der Waals surface area contributed by atoms with Gasteiger partial charge in [-0.05, 0) is 12.0 Å². The highest BCUT2D eigenvalue weighted by Gasteiger charge is 2.23. The first kappa shape index (κ1) is 19.1. The van der Waals surface area contributed by atoms with Gasteiger partial charge in [0.15, 0.2) is 0 Å². The van der Waals surface area contributed by atoms with E-state index in [9.17, 15) is 9.59 Å². The molecule has 25 heavy (non-hydrogen) atoms. The Balaban J connectivity index is 2.16. The van der Waals surface area contributed by atoms with Crippen LogP contribution < -0.4 is 0 Å². The number of amides is 1. The van der Waals surface area contributed by atoms with Crippen molar-refractivity contribution in [3.63, 3.8) is 0 Å². The second kappa shape index (κ2) is 8.25. The molecule has 5 nitrogen and oxygen atoms in total. The van der Waals surface area contributed by atoms with Crippen molar-refractivity contribution in [2.75, 3.05) is 6.54 Å². The highest BCUT2D eigenvalue weighted by molar-refractivity contribution is 7.10. The predicted molar refractivity (Wildman–Crippen MR) is 98.9 cm³/mol. The highest BCUT2D eigenvalue weighted by atomic mass is 32.1. The number of carbonyl (C=O) groups is 2. The van der Waals surface area contributed by atoms with E-state index in [-0.39, 0.29) is 17.7 Å². The molecule has 0 atom stereocenters. The van der Waals surface area contributed by atoms with Crippen LogP contribution in [0.1, 0.15) is 54.7 Å². The minimum atomic E-state index is -0.851. The lowest BCUT2D eigenvalue weighted by Crippen LogP contribution is -2.32. The fourth-order valence-corrected chi connectivity index (χ4v) is 3.24. The smallest absolute Gasteiger partial charge is 0.303 e. The number of hydrogen-bond donors (Lipinski definition) is 1. The van der Waals surface area contributed by atoms with Crippen molar-refractivity contribution in [1.82, 2.24) is 9.88 Å². The van der Waals surface area contributed by atoms with Gasteiger partial charge in [-0.1, -0.05) is 51.1 Å². The zero-order valence-corrected chi connectivity index (χ0v) is 15.7. The van der Waals surface area contributed by atoms with Crippen molar-refractivity contribution < 1.29 is 14.7 Å². The Labute approximate surface area is 152 Å². The molecule has 1 heterocycles. The van der Waals surface area contributed by atoms with Crippen molar-refractivity contribution in [2.24, 2.45) is 0 Å². The van der Waals surface area contributed by atoms with E-state index in [1.54, 1.807) is 10.3 Å². The summed E-state index contributed by atoms with van der Waals surface area (Å²) >= 11 is 1.48. The number of carboxylic acids is 1. The Bertz CT molecular complexity index is 720. The van der Waals surface area contributed by atoms with E-state index in [0.717, 1.165) is 10.6 Å². The minimum absolute atomic E-state index is 0.0445. The quantitative estimate of drug-likeness (QED) is 0.812. The lowest BCUT2D eigenvalue weighted by atomic mass is 9.98. The Morgan fingerprint density at radius 2 is 1.88 bits per heavy atom. The summed E-state index contributed by atoms with van der Waals surface area (Å²) in [6, 6.07) is 9.69. The van der Waals surface area contributed by atoms with Crippen LogP contribution in [0.2, 0.25) is 0 Å². The van der Waals surface area contributed by atoms with Gasteiger partial charge in [0.2, 0.25) is 0 Å². The van der Waals surface area contributed by atoms with Crippen LogP contribution in [0.25, 0.3) is 0 Å². The maximum atomic E-state index is 12.9. The summed E-state index contributed by atoms with van der Waals surface area (Å²) in [5, 5.41) is 11.6. The Kier molecular flexibility index (Phi) is 6.31. The summed E-state index contributed by atoms with van der Waals surface area (Å²) < 4.78 is 0. The Morgan fingerprint density at radius 3 is 2.44 bits per heavy atom. The van der Waals surface area contributed by atoms with Gasteiger partial charge in [-0.2, -0.15) is 0 Å². The van der Waals surface area contributed by atoms with Gasteiger partial charge in [-0.15, -0.1) is 11.3 Å². The molecule has 1 N–H and O–H groups in total. The van der Waals surface area contributed by atoms with Gasteiger partial charge in [-0.25, -0.2) is 4.98 Å². The molecular weight excluding hydrogens is 336 g/mol. The standard InChI is InChI=1S/C19H24N2O3S/c1-19(2,3)18-20-15(13-25-18)17(24)21(11-7-10-16(22)23)12-14-8-5-4-6-9-14/h4-6,8-9,13H,7,10-12H2,1-3H3,(H,22,23). The third-order valence-corrected chi connectivity index (χ3v) is 4.96. The van der Waals surface area contributed by atoms with Crippen molar-refractivity contribution in [3.05, 3.63) is 52.0 Å². The van der Waals surface area contributed by atoms with Crippen molar-refractivity contribution in [1.29, 1.82) is 0 Å². The molecule has 6 heteroatoms. The Morgan fingerprint density at radius 1 is 1.20 bits per heavy atom. The van der Waals surface area contributed by atoms with Crippen molar-refractivity contribution in [3.8, 4) is 0 Å². The van der Waals surface area contributed by atoms with Crippen LogP contribution in [0.4, 0.5) is 0 Å². The number of aromatic nitrogens is 1. The van der Waals surface area contributed by atoms with E-state index in [0.29, 0.717) is 25.2 Å². The van der Waals surface area contributed by atoms with Gasteiger partial charge in [0.1, 0.15) is 5.69 Å². The lowest BCUT2D eigenvalue weighted by Gasteiger charge is -2.22. The van der Waals surface area contributed by atoms with Crippen molar-refractivity contribution in [2.45, 2.75) is 45.6 Å². The molecule has 0 fully saturated rings. The molecule has 134 valence electrons. The molecule has 0 saturated heterocycles. The van der Waals surface area contributed by atoms with Crippen LogP contribution in [0.15, 0.2) is 35.7 Å². The van der Waals surface area contributed by atoms with E-state index in [1.165, 1.54) is 11.3 Å². The minimum Gasteiger partial charge on any atom is -0.481 e. The van der Waals surface area contributed by atoms with Gasteiger partial charge in [0.25, 0.3) is 5.91 Å². The second-order valence-electron chi connectivity index (χ2n) is 7.00. The van der Waals surface area contributed by atoms with E-state index in [2.05, 4.69) is 25.8 Å². The number of hydrogen-bond acceptors (Lipinski definition) is 4. The molecule has 1 amide bonds.